The van der Waals surface area contributed by atoms with E-state index < -0.39 is 0 Å². The van der Waals surface area contributed by atoms with E-state index in [0.29, 0.717) is 11.0 Å². The molecule has 6 nitrogen and oxygen atoms in total. The Morgan fingerprint density at radius 2 is 2.23 bits per heavy atom. The van der Waals surface area contributed by atoms with Crippen LogP contribution in [0.5, 0.6) is 0 Å². The third-order valence-electron chi connectivity index (χ3n) is 4.66. The van der Waals surface area contributed by atoms with Crippen LogP contribution >= 0.6 is 0 Å². The summed E-state index contributed by atoms with van der Waals surface area (Å²) in [6.07, 6.45) is 8.01. The zero-order valence-corrected chi connectivity index (χ0v) is 13.5. The molecule has 1 N–H and O–H groups in total. The van der Waals surface area contributed by atoms with E-state index in [1.165, 1.54) is 32.1 Å². The topological polar surface area (TPSA) is 66.8 Å². The van der Waals surface area contributed by atoms with Crippen LogP contribution in [0.15, 0.2) is 11.0 Å². The highest BCUT2D eigenvalue weighted by Crippen LogP contribution is 2.22. The fraction of sp³-hybridized carbons (Fsp3) is 0.688. The predicted octanol–water partition coefficient (Wildman–Crippen LogP) is 2.06. The standard InChI is InChI=1S/C16H25N5O/c1-3-5-12-6-4-8-21(9-7-12)11-14-18-15-13(16(22)19-14)10-17-20(15)2/h10,12H,3-9,11H2,1-2H3,(H,18,19,22). The lowest BCUT2D eigenvalue weighted by molar-refractivity contribution is 0.265. The molecule has 1 fully saturated rings. The van der Waals surface area contributed by atoms with Crippen LogP contribution in [0.2, 0.25) is 0 Å². The Balaban J connectivity index is 1.73. The number of aromatic nitrogens is 4. The van der Waals surface area contributed by atoms with Crippen molar-refractivity contribution < 1.29 is 0 Å². The average molecular weight is 303 g/mol. The fourth-order valence-electron chi connectivity index (χ4n) is 3.44. The summed E-state index contributed by atoms with van der Waals surface area (Å²) in [4.78, 5) is 22.0. The monoisotopic (exact) mass is 303 g/mol. The van der Waals surface area contributed by atoms with Crippen molar-refractivity contribution in [2.45, 2.75) is 45.6 Å². The Hall–Kier alpha value is -1.69. The molecule has 1 aliphatic heterocycles. The molecule has 1 saturated heterocycles. The largest absolute Gasteiger partial charge is 0.309 e. The van der Waals surface area contributed by atoms with Gasteiger partial charge >= 0.3 is 0 Å². The van der Waals surface area contributed by atoms with E-state index in [2.05, 4.69) is 26.9 Å². The number of nitrogens with one attached hydrogen (secondary N) is 1. The quantitative estimate of drug-likeness (QED) is 0.939. The number of aromatic amines is 1. The van der Waals surface area contributed by atoms with Crippen molar-refractivity contribution >= 4 is 11.0 Å². The van der Waals surface area contributed by atoms with Crippen molar-refractivity contribution in [3.63, 3.8) is 0 Å². The minimum atomic E-state index is -0.0909. The lowest BCUT2D eigenvalue weighted by Gasteiger charge is -2.19. The minimum absolute atomic E-state index is 0.0909. The highest BCUT2D eigenvalue weighted by Gasteiger charge is 2.18. The molecule has 0 amide bonds. The first-order chi connectivity index (χ1) is 10.7. The van der Waals surface area contributed by atoms with E-state index >= 15 is 0 Å². The van der Waals surface area contributed by atoms with Crippen LogP contribution < -0.4 is 5.56 Å². The van der Waals surface area contributed by atoms with Gasteiger partial charge in [0.15, 0.2) is 5.65 Å². The Kier molecular flexibility index (Phi) is 4.57. The zero-order valence-electron chi connectivity index (χ0n) is 13.5. The lowest BCUT2D eigenvalue weighted by atomic mass is 9.96. The molecular formula is C16H25N5O. The molecule has 0 bridgehead atoms. The summed E-state index contributed by atoms with van der Waals surface area (Å²) in [5.41, 5.74) is 0.573. The third-order valence-corrected chi connectivity index (χ3v) is 4.66. The van der Waals surface area contributed by atoms with E-state index in [1.807, 2.05) is 7.05 Å². The number of aryl methyl sites for hydroxylation is 1. The summed E-state index contributed by atoms with van der Waals surface area (Å²) in [5.74, 6) is 1.61. The number of likely N-dealkylation sites (tertiary alicyclic amines) is 1. The summed E-state index contributed by atoms with van der Waals surface area (Å²) in [7, 11) is 1.82. The van der Waals surface area contributed by atoms with E-state index in [1.54, 1.807) is 10.9 Å². The van der Waals surface area contributed by atoms with Crippen molar-refractivity contribution in [3.05, 3.63) is 22.4 Å². The predicted molar refractivity (Wildman–Crippen MR) is 86.7 cm³/mol. The SMILES string of the molecule is CCCC1CCCN(Cc2nc3c(cnn3C)c(=O)[nH]2)CC1. The summed E-state index contributed by atoms with van der Waals surface area (Å²) >= 11 is 0. The van der Waals surface area contributed by atoms with Gasteiger partial charge in [0.05, 0.1) is 12.7 Å². The fourth-order valence-corrected chi connectivity index (χ4v) is 3.44. The van der Waals surface area contributed by atoms with Crippen molar-refractivity contribution in [2.24, 2.45) is 13.0 Å². The van der Waals surface area contributed by atoms with Gasteiger partial charge in [0.1, 0.15) is 11.2 Å². The van der Waals surface area contributed by atoms with Gasteiger partial charge in [0.25, 0.3) is 5.56 Å². The average Bonchev–Trinajstić information content (AvgIpc) is 2.72. The third kappa shape index (κ3) is 3.21. The molecular weight excluding hydrogens is 278 g/mol. The van der Waals surface area contributed by atoms with Gasteiger partial charge in [-0.05, 0) is 38.3 Å². The van der Waals surface area contributed by atoms with E-state index in [-0.39, 0.29) is 5.56 Å². The molecule has 2 aromatic rings. The lowest BCUT2D eigenvalue weighted by Crippen LogP contribution is -2.27. The van der Waals surface area contributed by atoms with Gasteiger partial charge in [-0.25, -0.2) is 4.98 Å². The first kappa shape index (κ1) is 15.2. The molecule has 6 heteroatoms. The van der Waals surface area contributed by atoms with Crippen LogP contribution in [-0.2, 0) is 13.6 Å². The van der Waals surface area contributed by atoms with E-state index in [4.69, 9.17) is 0 Å². The van der Waals surface area contributed by atoms with Crippen molar-refractivity contribution in [1.82, 2.24) is 24.6 Å². The summed E-state index contributed by atoms with van der Waals surface area (Å²) in [6.45, 7) is 5.17. The highest BCUT2D eigenvalue weighted by atomic mass is 16.1. The van der Waals surface area contributed by atoms with Gasteiger partial charge in [0.2, 0.25) is 0 Å². The second-order valence-corrected chi connectivity index (χ2v) is 6.38. The molecule has 0 aromatic carbocycles. The Morgan fingerprint density at radius 3 is 3.05 bits per heavy atom. The molecule has 3 rings (SSSR count). The van der Waals surface area contributed by atoms with Crippen LogP contribution in [0.3, 0.4) is 0 Å². The first-order valence-electron chi connectivity index (χ1n) is 8.30. The number of hydrogen-bond acceptors (Lipinski definition) is 4. The van der Waals surface area contributed by atoms with Gasteiger partial charge in [-0.3, -0.25) is 14.4 Å². The smallest absolute Gasteiger partial charge is 0.262 e. The first-order valence-corrected chi connectivity index (χ1v) is 8.30. The summed E-state index contributed by atoms with van der Waals surface area (Å²) < 4.78 is 1.66. The van der Waals surface area contributed by atoms with Gasteiger partial charge < -0.3 is 4.98 Å². The molecule has 120 valence electrons. The molecule has 22 heavy (non-hydrogen) atoms. The van der Waals surface area contributed by atoms with Gasteiger partial charge in [-0.2, -0.15) is 5.10 Å². The van der Waals surface area contributed by atoms with Crippen LogP contribution in [0.25, 0.3) is 11.0 Å². The summed E-state index contributed by atoms with van der Waals surface area (Å²) in [5, 5.41) is 4.67. The number of fused-ring (bicyclic) bond motifs is 1. The maximum absolute atomic E-state index is 12.1. The number of hydrogen-bond donors (Lipinski definition) is 1. The normalized spacial score (nSPS) is 20.4. The van der Waals surface area contributed by atoms with Crippen LogP contribution in [0.4, 0.5) is 0 Å². The Morgan fingerprint density at radius 1 is 1.36 bits per heavy atom. The second-order valence-electron chi connectivity index (χ2n) is 6.38. The van der Waals surface area contributed by atoms with Crippen molar-refractivity contribution in [3.8, 4) is 0 Å². The minimum Gasteiger partial charge on any atom is -0.309 e. The van der Waals surface area contributed by atoms with Crippen molar-refractivity contribution in [2.75, 3.05) is 13.1 Å². The molecule has 1 aliphatic rings. The maximum atomic E-state index is 12.1. The molecule has 1 unspecified atom stereocenters. The highest BCUT2D eigenvalue weighted by molar-refractivity contribution is 5.72. The van der Waals surface area contributed by atoms with Crippen LogP contribution in [0.1, 0.15) is 44.9 Å². The van der Waals surface area contributed by atoms with Gasteiger partial charge in [0, 0.05) is 7.05 Å². The molecule has 0 radical (unpaired) electrons. The van der Waals surface area contributed by atoms with Crippen LogP contribution in [-0.4, -0.2) is 37.7 Å². The number of nitrogens with zero attached hydrogens (tertiary/aromatic N) is 4. The molecule has 0 spiro atoms. The molecule has 3 heterocycles. The Labute approximate surface area is 130 Å². The molecule has 2 aromatic heterocycles. The second kappa shape index (κ2) is 6.60. The number of rotatable bonds is 4. The van der Waals surface area contributed by atoms with Crippen molar-refractivity contribution in [1.29, 1.82) is 0 Å². The summed E-state index contributed by atoms with van der Waals surface area (Å²) in [6, 6.07) is 0. The Bertz CT molecular complexity index is 689. The van der Waals surface area contributed by atoms with E-state index in [9.17, 15) is 4.79 Å². The van der Waals surface area contributed by atoms with Crippen LogP contribution in [0, 0.1) is 5.92 Å². The van der Waals surface area contributed by atoms with Gasteiger partial charge in [-0.1, -0.05) is 19.8 Å². The number of H-pyrrole nitrogens is 1. The molecule has 1 atom stereocenters. The zero-order chi connectivity index (χ0) is 15.5. The van der Waals surface area contributed by atoms with E-state index in [0.717, 1.165) is 31.4 Å². The molecule has 0 saturated carbocycles. The molecule has 0 aliphatic carbocycles. The van der Waals surface area contributed by atoms with Gasteiger partial charge in [-0.15, -0.1) is 0 Å². The maximum Gasteiger partial charge on any atom is 0.262 e.